The zero-order valence-electron chi connectivity index (χ0n) is 9.30. The second kappa shape index (κ2) is 5.13. The van der Waals surface area contributed by atoms with Gasteiger partial charge in [-0.05, 0) is 25.2 Å². The lowest BCUT2D eigenvalue weighted by molar-refractivity contribution is -0.0147. The minimum absolute atomic E-state index is 0.655. The third-order valence-corrected chi connectivity index (χ3v) is 3.75. The monoisotopic (exact) mass is 197 g/mol. The largest absolute Gasteiger partial charge is 0.378 e. The van der Waals surface area contributed by atoms with Crippen LogP contribution in [0.2, 0.25) is 0 Å². The Morgan fingerprint density at radius 1 is 1.21 bits per heavy atom. The molecule has 1 atom stereocenters. The van der Waals surface area contributed by atoms with Gasteiger partial charge in [0, 0.05) is 6.04 Å². The van der Waals surface area contributed by atoms with Crippen molar-refractivity contribution in [2.75, 3.05) is 13.2 Å². The van der Waals surface area contributed by atoms with Gasteiger partial charge in [0.2, 0.25) is 0 Å². The summed E-state index contributed by atoms with van der Waals surface area (Å²) in [5.74, 6) is 0.939. The van der Waals surface area contributed by atoms with E-state index in [-0.39, 0.29) is 0 Å². The van der Waals surface area contributed by atoms with Crippen LogP contribution in [0, 0.1) is 5.92 Å². The highest BCUT2D eigenvalue weighted by atomic mass is 16.5. The molecule has 0 amide bonds. The Morgan fingerprint density at radius 2 is 1.93 bits per heavy atom. The molecule has 1 N–H and O–H groups in total. The van der Waals surface area contributed by atoms with Gasteiger partial charge >= 0.3 is 0 Å². The zero-order chi connectivity index (χ0) is 9.80. The average Bonchev–Trinajstić information content (AvgIpc) is 2.18. The van der Waals surface area contributed by atoms with E-state index < -0.39 is 0 Å². The van der Waals surface area contributed by atoms with Crippen molar-refractivity contribution in [3.8, 4) is 0 Å². The van der Waals surface area contributed by atoms with Gasteiger partial charge in [-0.2, -0.15) is 0 Å². The molecule has 0 aromatic heterocycles. The number of ether oxygens (including phenoxy) is 1. The van der Waals surface area contributed by atoms with Gasteiger partial charge in [-0.25, -0.2) is 0 Å². The van der Waals surface area contributed by atoms with Crippen molar-refractivity contribution in [2.24, 2.45) is 5.92 Å². The van der Waals surface area contributed by atoms with Gasteiger partial charge in [0.15, 0.2) is 0 Å². The van der Waals surface area contributed by atoms with Crippen LogP contribution in [0.5, 0.6) is 0 Å². The summed E-state index contributed by atoms with van der Waals surface area (Å²) in [6.07, 6.45) is 8.52. The first kappa shape index (κ1) is 10.4. The molecule has 1 aliphatic heterocycles. The van der Waals surface area contributed by atoms with E-state index in [0.717, 1.165) is 25.2 Å². The second-order valence-electron chi connectivity index (χ2n) is 4.81. The maximum Gasteiger partial charge on any atom is 0.0643 e. The van der Waals surface area contributed by atoms with Crippen molar-refractivity contribution in [1.82, 2.24) is 5.32 Å². The summed E-state index contributed by atoms with van der Waals surface area (Å²) in [5, 5.41) is 3.75. The van der Waals surface area contributed by atoms with Gasteiger partial charge in [0.05, 0.1) is 19.3 Å². The highest BCUT2D eigenvalue weighted by molar-refractivity contribution is 4.84. The van der Waals surface area contributed by atoms with Crippen LogP contribution < -0.4 is 5.32 Å². The lowest BCUT2D eigenvalue weighted by Gasteiger charge is -2.36. The maximum atomic E-state index is 5.21. The first-order valence-electron chi connectivity index (χ1n) is 6.24. The van der Waals surface area contributed by atoms with E-state index >= 15 is 0 Å². The first-order chi connectivity index (χ1) is 6.90. The standard InChI is InChI=1S/C12H23NO/c1-2-12(13-11-8-14-9-11)10-6-4-3-5-7-10/h10-13H,2-9H2,1H3. The molecule has 2 rings (SSSR count). The first-order valence-corrected chi connectivity index (χ1v) is 6.24. The van der Waals surface area contributed by atoms with Crippen molar-refractivity contribution in [3.63, 3.8) is 0 Å². The molecular weight excluding hydrogens is 174 g/mol. The molecule has 0 aromatic rings. The molecule has 1 aliphatic carbocycles. The fraction of sp³-hybridized carbons (Fsp3) is 1.00. The maximum absolute atomic E-state index is 5.21. The summed E-state index contributed by atoms with van der Waals surface area (Å²) < 4.78 is 5.21. The van der Waals surface area contributed by atoms with Gasteiger partial charge in [0.25, 0.3) is 0 Å². The Balaban J connectivity index is 1.77. The summed E-state index contributed by atoms with van der Waals surface area (Å²) in [6.45, 7) is 4.18. The van der Waals surface area contributed by atoms with E-state index in [1.165, 1.54) is 38.5 Å². The molecule has 1 heterocycles. The Labute approximate surface area is 87.4 Å². The van der Waals surface area contributed by atoms with Crippen LogP contribution in [0.4, 0.5) is 0 Å². The predicted molar refractivity (Wildman–Crippen MR) is 58.4 cm³/mol. The van der Waals surface area contributed by atoms with Crippen molar-refractivity contribution >= 4 is 0 Å². The molecule has 0 aromatic carbocycles. The molecule has 14 heavy (non-hydrogen) atoms. The summed E-state index contributed by atoms with van der Waals surface area (Å²) in [7, 11) is 0. The number of hydrogen-bond donors (Lipinski definition) is 1. The van der Waals surface area contributed by atoms with Crippen LogP contribution >= 0.6 is 0 Å². The van der Waals surface area contributed by atoms with Crippen LogP contribution in [-0.4, -0.2) is 25.3 Å². The fourth-order valence-electron chi connectivity index (χ4n) is 2.76. The normalized spacial score (nSPS) is 27.2. The summed E-state index contributed by atoms with van der Waals surface area (Å²) >= 11 is 0. The Bertz CT molecular complexity index is 162. The molecule has 2 heteroatoms. The molecule has 0 spiro atoms. The van der Waals surface area contributed by atoms with E-state index in [1.54, 1.807) is 0 Å². The summed E-state index contributed by atoms with van der Waals surface area (Å²) in [4.78, 5) is 0. The third-order valence-electron chi connectivity index (χ3n) is 3.75. The Hall–Kier alpha value is -0.0800. The zero-order valence-corrected chi connectivity index (χ0v) is 9.30. The number of rotatable bonds is 4. The van der Waals surface area contributed by atoms with E-state index in [9.17, 15) is 0 Å². The molecule has 2 aliphatic rings. The quantitative estimate of drug-likeness (QED) is 0.747. The Morgan fingerprint density at radius 3 is 2.43 bits per heavy atom. The van der Waals surface area contributed by atoms with Crippen LogP contribution in [-0.2, 0) is 4.74 Å². The lowest BCUT2D eigenvalue weighted by Crippen LogP contribution is -2.52. The fourth-order valence-corrected chi connectivity index (χ4v) is 2.76. The minimum atomic E-state index is 0.655. The van der Waals surface area contributed by atoms with Gasteiger partial charge in [-0.3, -0.25) is 0 Å². The SMILES string of the molecule is CCC(NC1COC1)C1CCCCC1. The third kappa shape index (κ3) is 2.48. The van der Waals surface area contributed by atoms with E-state index in [2.05, 4.69) is 12.2 Å². The number of nitrogens with one attached hydrogen (secondary N) is 1. The molecule has 1 saturated carbocycles. The summed E-state index contributed by atoms with van der Waals surface area (Å²) in [5.41, 5.74) is 0. The van der Waals surface area contributed by atoms with E-state index in [4.69, 9.17) is 4.74 Å². The van der Waals surface area contributed by atoms with Gasteiger partial charge in [-0.1, -0.05) is 26.2 Å². The Kier molecular flexibility index (Phi) is 3.82. The van der Waals surface area contributed by atoms with Crippen LogP contribution in [0.3, 0.4) is 0 Å². The van der Waals surface area contributed by atoms with Crippen molar-refractivity contribution < 1.29 is 4.74 Å². The molecule has 2 nitrogen and oxygen atoms in total. The highest BCUT2D eigenvalue weighted by Gasteiger charge is 2.27. The average molecular weight is 197 g/mol. The van der Waals surface area contributed by atoms with Crippen LogP contribution in [0.15, 0.2) is 0 Å². The summed E-state index contributed by atoms with van der Waals surface area (Å²) in [6, 6.07) is 1.41. The molecule has 0 bridgehead atoms. The van der Waals surface area contributed by atoms with E-state index in [0.29, 0.717) is 6.04 Å². The van der Waals surface area contributed by atoms with Crippen molar-refractivity contribution in [1.29, 1.82) is 0 Å². The molecule has 2 fully saturated rings. The second-order valence-corrected chi connectivity index (χ2v) is 4.81. The van der Waals surface area contributed by atoms with Crippen molar-refractivity contribution in [2.45, 2.75) is 57.5 Å². The predicted octanol–water partition coefficient (Wildman–Crippen LogP) is 2.33. The minimum Gasteiger partial charge on any atom is -0.378 e. The van der Waals surface area contributed by atoms with Gasteiger partial charge in [-0.15, -0.1) is 0 Å². The number of hydrogen-bond acceptors (Lipinski definition) is 2. The van der Waals surface area contributed by atoms with Crippen LogP contribution in [0.1, 0.15) is 45.4 Å². The lowest BCUT2D eigenvalue weighted by atomic mass is 9.82. The van der Waals surface area contributed by atoms with Gasteiger partial charge in [0.1, 0.15) is 0 Å². The molecular formula is C12H23NO. The molecule has 82 valence electrons. The molecule has 1 saturated heterocycles. The highest BCUT2D eigenvalue weighted by Crippen LogP contribution is 2.28. The topological polar surface area (TPSA) is 21.3 Å². The molecule has 0 radical (unpaired) electrons. The van der Waals surface area contributed by atoms with E-state index in [1.807, 2.05) is 0 Å². The smallest absolute Gasteiger partial charge is 0.0643 e. The van der Waals surface area contributed by atoms with Crippen molar-refractivity contribution in [3.05, 3.63) is 0 Å². The van der Waals surface area contributed by atoms with Gasteiger partial charge < -0.3 is 10.1 Å². The molecule has 1 unspecified atom stereocenters. The van der Waals surface area contributed by atoms with Crippen LogP contribution in [0.25, 0.3) is 0 Å².